The Morgan fingerprint density at radius 1 is 0.949 bits per heavy atom. The fourth-order valence-electron chi connectivity index (χ4n) is 5.38. The Labute approximate surface area is 220 Å². The normalized spacial score (nSPS) is 24.8. The molecule has 2 aliphatic rings. The number of alkyl halides is 6. The number of hydrogen-bond acceptors (Lipinski definition) is 4. The predicted molar refractivity (Wildman–Crippen MR) is 127 cm³/mol. The molecule has 0 bridgehead atoms. The van der Waals surface area contributed by atoms with Crippen LogP contribution in [-0.2, 0) is 27.3 Å². The number of imide groups is 1. The molecule has 2 fully saturated rings. The van der Waals surface area contributed by atoms with E-state index in [9.17, 15) is 41.0 Å². The first-order valence-electron chi connectivity index (χ1n) is 12.4. The number of rotatable bonds is 7. The molecular weight excluding hydrogens is 530 g/mol. The molecule has 6 nitrogen and oxygen atoms in total. The predicted octanol–water partition coefficient (Wildman–Crippen LogP) is 5.60. The molecule has 1 atom stereocenters. The van der Waals surface area contributed by atoms with Crippen molar-refractivity contribution >= 4 is 11.9 Å². The third-order valence-electron chi connectivity index (χ3n) is 7.71. The summed E-state index contributed by atoms with van der Waals surface area (Å²) in [5.41, 5.74) is -4.09. The molecule has 1 saturated heterocycles. The molecule has 4 rings (SSSR count). The van der Waals surface area contributed by atoms with Crippen molar-refractivity contribution in [3.8, 4) is 0 Å². The average Bonchev–Trinajstić information content (AvgIpc) is 3.12. The van der Waals surface area contributed by atoms with Crippen LogP contribution in [0, 0.1) is 0 Å². The van der Waals surface area contributed by atoms with E-state index in [-0.39, 0.29) is 44.2 Å². The monoisotopic (exact) mass is 558 g/mol. The molecular formula is C27H28F6N2O4. The Hall–Kier alpha value is -3.12. The standard InChI is InChI=1S/C27H28F6N2O4/c1-17(18-13-20(26(28,29)30)15-21(14-18)27(31,32)33)39-16-24(19-5-3-2-4-6-19)7-9-25(10-8-24)22(37)35(11-12-36)23(38)34-25/h2-6,13-15,17,36H,7-12,16H2,1H3,(H,34,38). The van der Waals surface area contributed by atoms with Gasteiger partial charge in [0.2, 0.25) is 0 Å². The highest BCUT2D eigenvalue weighted by Crippen LogP contribution is 2.46. The maximum atomic E-state index is 13.4. The second-order valence-corrected chi connectivity index (χ2v) is 10.1. The van der Waals surface area contributed by atoms with Gasteiger partial charge in [0.05, 0.1) is 37.0 Å². The maximum Gasteiger partial charge on any atom is 0.416 e. The second-order valence-electron chi connectivity index (χ2n) is 10.1. The summed E-state index contributed by atoms with van der Waals surface area (Å²) in [4.78, 5) is 26.3. The Morgan fingerprint density at radius 2 is 1.51 bits per heavy atom. The zero-order chi connectivity index (χ0) is 28.6. The molecule has 3 amide bonds. The molecule has 1 heterocycles. The lowest BCUT2D eigenvalue weighted by molar-refractivity contribution is -0.143. The first-order chi connectivity index (χ1) is 18.2. The van der Waals surface area contributed by atoms with Crippen molar-refractivity contribution in [3.63, 3.8) is 0 Å². The Balaban J connectivity index is 1.58. The number of carbonyl (C=O) groups excluding carboxylic acids is 2. The number of aliphatic hydroxyl groups excluding tert-OH is 1. The van der Waals surface area contributed by atoms with Crippen LogP contribution in [0.15, 0.2) is 48.5 Å². The van der Waals surface area contributed by atoms with Crippen LogP contribution in [0.25, 0.3) is 0 Å². The van der Waals surface area contributed by atoms with Crippen molar-refractivity contribution in [1.29, 1.82) is 0 Å². The van der Waals surface area contributed by atoms with Gasteiger partial charge >= 0.3 is 18.4 Å². The van der Waals surface area contributed by atoms with E-state index in [4.69, 9.17) is 4.74 Å². The summed E-state index contributed by atoms with van der Waals surface area (Å²) in [6.07, 6.45) is -9.83. The lowest BCUT2D eigenvalue weighted by Gasteiger charge is -2.44. The molecule has 2 N–H and O–H groups in total. The van der Waals surface area contributed by atoms with Gasteiger partial charge in [0.25, 0.3) is 5.91 Å². The summed E-state index contributed by atoms with van der Waals surface area (Å²) < 4.78 is 86.1. The maximum absolute atomic E-state index is 13.4. The molecule has 1 spiro atoms. The quantitative estimate of drug-likeness (QED) is 0.343. The number of hydrogen-bond donors (Lipinski definition) is 2. The smallest absolute Gasteiger partial charge is 0.395 e. The van der Waals surface area contributed by atoms with E-state index >= 15 is 0 Å². The van der Waals surface area contributed by atoms with Crippen LogP contribution in [0.3, 0.4) is 0 Å². The third kappa shape index (κ3) is 5.76. The van der Waals surface area contributed by atoms with Crippen molar-refractivity contribution in [2.24, 2.45) is 0 Å². The van der Waals surface area contributed by atoms with Gasteiger partial charge in [-0.2, -0.15) is 26.3 Å². The van der Waals surface area contributed by atoms with Crippen LogP contribution >= 0.6 is 0 Å². The zero-order valence-electron chi connectivity index (χ0n) is 21.0. The molecule has 2 aromatic carbocycles. The molecule has 2 aromatic rings. The van der Waals surface area contributed by atoms with Gasteiger partial charge in [-0.05, 0) is 61.9 Å². The highest BCUT2D eigenvalue weighted by molar-refractivity contribution is 6.07. The minimum atomic E-state index is -4.97. The van der Waals surface area contributed by atoms with E-state index in [1.807, 2.05) is 12.1 Å². The molecule has 0 aromatic heterocycles. The van der Waals surface area contributed by atoms with E-state index in [0.717, 1.165) is 10.5 Å². The minimum Gasteiger partial charge on any atom is -0.395 e. The van der Waals surface area contributed by atoms with Crippen molar-refractivity contribution < 1.29 is 45.8 Å². The molecule has 0 radical (unpaired) electrons. The molecule has 1 aliphatic carbocycles. The van der Waals surface area contributed by atoms with E-state index in [1.54, 1.807) is 18.2 Å². The summed E-state index contributed by atoms with van der Waals surface area (Å²) >= 11 is 0. The average molecular weight is 559 g/mol. The van der Waals surface area contributed by atoms with Crippen molar-refractivity contribution in [3.05, 3.63) is 70.8 Å². The Bertz CT molecular complexity index is 1170. The SMILES string of the molecule is CC(OCC1(c2ccccc2)CCC2(CC1)NC(=O)N(CCO)C2=O)c1cc(C(F)(F)F)cc(C(F)(F)F)c1. The molecule has 212 valence electrons. The lowest BCUT2D eigenvalue weighted by atomic mass is 9.64. The van der Waals surface area contributed by atoms with Crippen molar-refractivity contribution in [2.75, 3.05) is 19.8 Å². The Kier molecular flexibility index (Phi) is 7.74. The largest absolute Gasteiger partial charge is 0.416 e. The number of amides is 3. The molecule has 1 aliphatic heterocycles. The molecule has 1 unspecified atom stereocenters. The summed E-state index contributed by atoms with van der Waals surface area (Å²) in [5, 5.41) is 12.0. The van der Waals surface area contributed by atoms with Crippen LogP contribution in [-0.4, -0.2) is 47.2 Å². The molecule has 1 saturated carbocycles. The number of carbonyl (C=O) groups is 2. The first-order valence-corrected chi connectivity index (χ1v) is 12.4. The number of aliphatic hydroxyl groups is 1. The highest BCUT2D eigenvalue weighted by atomic mass is 19.4. The number of nitrogens with one attached hydrogen (secondary N) is 1. The number of ether oxygens (including phenoxy) is 1. The van der Waals surface area contributed by atoms with Gasteiger partial charge in [0.1, 0.15) is 5.54 Å². The van der Waals surface area contributed by atoms with E-state index < -0.39 is 52.5 Å². The summed E-state index contributed by atoms with van der Waals surface area (Å²) in [7, 11) is 0. The highest BCUT2D eigenvalue weighted by Gasteiger charge is 2.55. The number of halogens is 6. The number of nitrogens with zero attached hydrogens (tertiary/aromatic N) is 1. The van der Waals surface area contributed by atoms with Gasteiger partial charge in [0.15, 0.2) is 0 Å². The summed E-state index contributed by atoms with van der Waals surface area (Å²) in [5.74, 6) is -0.429. The molecule has 39 heavy (non-hydrogen) atoms. The topological polar surface area (TPSA) is 78.9 Å². The van der Waals surface area contributed by atoms with Gasteiger partial charge < -0.3 is 15.2 Å². The van der Waals surface area contributed by atoms with Crippen LogP contribution in [0.4, 0.5) is 31.1 Å². The summed E-state index contributed by atoms with van der Waals surface area (Å²) in [6, 6.07) is 9.93. The van der Waals surface area contributed by atoms with Crippen molar-refractivity contribution in [1.82, 2.24) is 10.2 Å². The van der Waals surface area contributed by atoms with E-state index in [1.165, 1.54) is 6.92 Å². The fraction of sp³-hybridized carbons (Fsp3) is 0.481. The first kappa shape index (κ1) is 28.9. The number of benzene rings is 2. The lowest BCUT2D eigenvalue weighted by Crippen LogP contribution is -2.53. The van der Waals surface area contributed by atoms with Crippen LogP contribution in [0.2, 0.25) is 0 Å². The van der Waals surface area contributed by atoms with E-state index in [0.29, 0.717) is 25.0 Å². The minimum absolute atomic E-state index is 0.0334. The van der Waals surface area contributed by atoms with Gasteiger partial charge in [0, 0.05) is 5.41 Å². The Morgan fingerprint density at radius 3 is 2.03 bits per heavy atom. The van der Waals surface area contributed by atoms with Gasteiger partial charge in [-0.25, -0.2) is 4.79 Å². The van der Waals surface area contributed by atoms with Gasteiger partial charge in [-0.1, -0.05) is 30.3 Å². The second kappa shape index (κ2) is 10.5. The van der Waals surface area contributed by atoms with Crippen LogP contribution in [0.5, 0.6) is 0 Å². The number of urea groups is 1. The fourth-order valence-corrected chi connectivity index (χ4v) is 5.38. The zero-order valence-corrected chi connectivity index (χ0v) is 21.0. The number of β-amino-alcohol motifs (C(OH)–C–C–N with tert-alkyl or cyclic N) is 1. The third-order valence-corrected chi connectivity index (χ3v) is 7.71. The van der Waals surface area contributed by atoms with Crippen LogP contribution in [0.1, 0.15) is 61.0 Å². The van der Waals surface area contributed by atoms with Crippen molar-refractivity contribution in [2.45, 2.75) is 62.0 Å². The van der Waals surface area contributed by atoms with Gasteiger partial charge in [-0.3, -0.25) is 9.69 Å². The van der Waals surface area contributed by atoms with Gasteiger partial charge in [-0.15, -0.1) is 0 Å². The summed E-state index contributed by atoms with van der Waals surface area (Å²) in [6.45, 7) is 0.856. The molecule has 12 heteroatoms. The van der Waals surface area contributed by atoms with E-state index in [2.05, 4.69) is 5.32 Å². The van der Waals surface area contributed by atoms with Crippen LogP contribution < -0.4 is 5.32 Å².